The van der Waals surface area contributed by atoms with Crippen molar-refractivity contribution in [3.05, 3.63) is 40.9 Å². The minimum absolute atomic E-state index is 0.454. The molecule has 2 aromatic rings. The molecule has 0 aliphatic carbocycles. The van der Waals surface area contributed by atoms with Gasteiger partial charge < -0.3 is 15.3 Å². The molecule has 0 saturated carbocycles. The Morgan fingerprint density at radius 1 is 1.09 bits per heavy atom. The zero-order chi connectivity index (χ0) is 17.0. The zero-order valence-electron chi connectivity index (χ0n) is 12.7. The predicted octanol–water partition coefficient (Wildman–Crippen LogP) is 2.46. The van der Waals surface area contributed by atoms with Gasteiger partial charge in [-0.25, -0.2) is 0 Å². The van der Waals surface area contributed by atoms with Crippen LogP contribution in [-0.4, -0.2) is 29.1 Å². The third-order valence-corrected chi connectivity index (χ3v) is 3.74. The van der Waals surface area contributed by atoms with Crippen LogP contribution in [0.3, 0.4) is 0 Å². The fraction of sp³-hybridized carbons (Fsp3) is 0.250. The Hall–Kier alpha value is -2.12. The van der Waals surface area contributed by atoms with E-state index in [0.29, 0.717) is 5.75 Å². The highest BCUT2D eigenvalue weighted by Gasteiger charge is 2.19. The number of hydroxylamine groups is 1. The van der Waals surface area contributed by atoms with Crippen LogP contribution in [0.1, 0.15) is 13.8 Å². The molecule has 0 fully saturated rings. The zero-order valence-corrected chi connectivity index (χ0v) is 14.3. The first kappa shape index (κ1) is 17.2. The number of halogens is 1. The van der Waals surface area contributed by atoms with E-state index in [2.05, 4.69) is 26.7 Å². The minimum atomic E-state index is -1.09. The summed E-state index contributed by atoms with van der Waals surface area (Å²) in [5.41, 5.74) is 2.60. The van der Waals surface area contributed by atoms with E-state index >= 15 is 0 Å². The minimum Gasteiger partial charge on any atom is -0.480 e. The number of carboxylic acids is 1. The van der Waals surface area contributed by atoms with Crippen molar-refractivity contribution in [2.75, 3.05) is 0 Å². The summed E-state index contributed by atoms with van der Waals surface area (Å²) in [7, 11) is 0. The van der Waals surface area contributed by atoms with Gasteiger partial charge in [0.1, 0.15) is 17.8 Å². The van der Waals surface area contributed by atoms with Gasteiger partial charge in [0.25, 0.3) is 0 Å². The summed E-state index contributed by atoms with van der Waals surface area (Å²) >= 11 is 3.42. The van der Waals surface area contributed by atoms with Crippen LogP contribution >= 0.6 is 15.9 Å². The Morgan fingerprint density at radius 3 is 2.43 bits per heavy atom. The molecule has 3 N–H and O–H groups in total. The molecule has 0 aliphatic rings. The van der Waals surface area contributed by atoms with Crippen LogP contribution in [0, 0.1) is 0 Å². The van der Waals surface area contributed by atoms with Crippen LogP contribution in [0.4, 0.5) is 0 Å². The first-order chi connectivity index (χ1) is 10.9. The number of benzene rings is 2. The number of amides is 1. The normalized spacial score (nSPS) is 13.3. The lowest BCUT2D eigenvalue weighted by molar-refractivity contribution is -0.141. The molecule has 23 heavy (non-hydrogen) atoms. The molecule has 7 heteroatoms. The molecule has 1 amide bonds. The topological polar surface area (TPSA) is 87.7 Å². The number of carbonyl (C=O) groups is 2. The number of nitrogens with one attached hydrogen (secondary N) is 2. The predicted molar refractivity (Wildman–Crippen MR) is 90.1 cm³/mol. The van der Waals surface area contributed by atoms with E-state index in [1.807, 2.05) is 30.3 Å². The fourth-order valence-electron chi connectivity index (χ4n) is 1.87. The third kappa shape index (κ3) is 4.67. The first-order valence-electron chi connectivity index (χ1n) is 7.01. The van der Waals surface area contributed by atoms with E-state index in [-0.39, 0.29) is 0 Å². The highest BCUT2D eigenvalue weighted by atomic mass is 79.9. The van der Waals surface area contributed by atoms with Gasteiger partial charge in [0.15, 0.2) is 0 Å². The molecule has 6 nitrogen and oxygen atoms in total. The fourth-order valence-corrected chi connectivity index (χ4v) is 2.25. The van der Waals surface area contributed by atoms with Crippen LogP contribution < -0.4 is 15.6 Å². The molecule has 0 bridgehead atoms. The molecule has 0 spiro atoms. The van der Waals surface area contributed by atoms with Gasteiger partial charge in [-0.3, -0.25) is 9.59 Å². The van der Waals surface area contributed by atoms with Gasteiger partial charge in [-0.2, -0.15) is 0 Å². The number of hydrogen-bond acceptors (Lipinski definition) is 4. The van der Waals surface area contributed by atoms with Crippen molar-refractivity contribution in [1.29, 1.82) is 0 Å². The largest absolute Gasteiger partial charge is 0.480 e. The lowest BCUT2D eigenvalue weighted by atomic mass is 10.1. The van der Waals surface area contributed by atoms with Crippen molar-refractivity contribution in [3.8, 4) is 5.75 Å². The van der Waals surface area contributed by atoms with Gasteiger partial charge in [0.2, 0.25) is 5.91 Å². The quantitative estimate of drug-likeness (QED) is 0.670. The molecule has 0 aromatic heterocycles. The summed E-state index contributed by atoms with van der Waals surface area (Å²) in [5.74, 6) is -0.984. The van der Waals surface area contributed by atoms with Gasteiger partial charge in [0, 0.05) is 4.47 Å². The van der Waals surface area contributed by atoms with Gasteiger partial charge in [-0.15, -0.1) is 5.48 Å². The van der Waals surface area contributed by atoms with Crippen molar-refractivity contribution in [3.63, 3.8) is 0 Å². The summed E-state index contributed by atoms with van der Waals surface area (Å²) < 4.78 is 0.995. The second kappa shape index (κ2) is 7.43. The summed E-state index contributed by atoms with van der Waals surface area (Å²) in [6.07, 6.45) is 0. The Labute approximate surface area is 141 Å². The van der Waals surface area contributed by atoms with E-state index < -0.39 is 24.0 Å². The lowest BCUT2D eigenvalue weighted by Crippen LogP contribution is -2.48. The lowest BCUT2D eigenvalue weighted by Gasteiger charge is -2.16. The van der Waals surface area contributed by atoms with Crippen LogP contribution in [-0.2, 0) is 9.59 Å². The van der Waals surface area contributed by atoms with Crippen molar-refractivity contribution < 1.29 is 19.5 Å². The third-order valence-electron chi connectivity index (χ3n) is 3.25. The molecule has 2 atom stereocenters. The van der Waals surface area contributed by atoms with Crippen molar-refractivity contribution >= 4 is 38.6 Å². The molecule has 2 aromatic carbocycles. The highest BCUT2D eigenvalue weighted by Crippen LogP contribution is 2.23. The molecule has 0 unspecified atom stereocenters. The summed E-state index contributed by atoms with van der Waals surface area (Å²) in [6, 6.07) is 9.78. The monoisotopic (exact) mass is 380 g/mol. The molecule has 2 rings (SSSR count). The maximum Gasteiger partial charge on any atom is 0.325 e. The van der Waals surface area contributed by atoms with Crippen LogP contribution in [0.15, 0.2) is 40.9 Å². The Morgan fingerprint density at radius 2 is 1.74 bits per heavy atom. The van der Waals surface area contributed by atoms with Gasteiger partial charge in [-0.1, -0.05) is 28.1 Å². The average molecular weight is 381 g/mol. The molecular weight excluding hydrogens is 364 g/mol. The molecule has 0 heterocycles. The van der Waals surface area contributed by atoms with E-state index in [0.717, 1.165) is 15.2 Å². The molecule has 0 saturated heterocycles. The summed E-state index contributed by atoms with van der Waals surface area (Å²) in [5, 5.41) is 13.2. The van der Waals surface area contributed by atoms with Gasteiger partial charge in [-0.05, 0) is 48.9 Å². The number of aliphatic carboxylic acids is 1. The number of carboxylic acid groups (broad SMARTS) is 1. The van der Waals surface area contributed by atoms with Crippen LogP contribution in [0.2, 0.25) is 0 Å². The van der Waals surface area contributed by atoms with Gasteiger partial charge in [0.05, 0.1) is 0 Å². The molecule has 0 aliphatic heterocycles. The van der Waals surface area contributed by atoms with Crippen molar-refractivity contribution in [1.82, 2.24) is 10.8 Å². The SMILES string of the molecule is C[C@H](NC(=O)[C@H](C)NOc1ccc2cc(Br)ccc2c1)C(=O)O. The van der Waals surface area contributed by atoms with Crippen LogP contribution in [0.5, 0.6) is 5.75 Å². The number of hydrogen-bond donors (Lipinski definition) is 3. The van der Waals surface area contributed by atoms with E-state index in [4.69, 9.17) is 9.94 Å². The molecule has 0 radical (unpaired) electrons. The smallest absolute Gasteiger partial charge is 0.325 e. The Kier molecular flexibility index (Phi) is 5.57. The first-order valence-corrected chi connectivity index (χ1v) is 7.81. The van der Waals surface area contributed by atoms with Crippen molar-refractivity contribution in [2.24, 2.45) is 0 Å². The van der Waals surface area contributed by atoms with Gasteiger partial charge >= 0.3 is 5.97 Å². The van der Waals surface area contributed by atoms with Crippen LogP contribution in [0.25, 0.3) is 10.8 Å². The van der Waals surface area contributed by atoms with Crippen molar-refractivity contribution in [2.45, 2.75) is 25.9 Å². The number of rotatable bonds is 6. The Balaban J connectivity index is 1.96. The molecular formula is C16H17BrN2O4. The van der Waals surface area contributed by atoms with E-state index in [1.54, 1.807) is 13.0 Å². The average Bonchev–Trinajstić information content (AvgIpc) is 2.52. The maximum atomic E-state index is 11.8. The maximum absolute atomic E-state index is 11.8. The van der Waals surface area contributed by atoms with E-state index in [9.17, 15) is 9.59 Å². The second-order valence-corrected chi connectivity index (χ2v) is 6.08. The second-order valence-electron chi connectivity index (χ2n) is 5.16. The number of carbonyl (C=O) groups excluding carboxylic acids is 1. The Bertz CT molecular complexity index is 735. The molecule has 122 valence electrons. The summed E-state index contributed by atoms with van der Waals surface area (Å²) in [4.78, 5) is 27.9. The highest BCUT2D eigenvalue weighted by molar-refractivity contribution is 9.10. The number of fused-ring (bicyclic) bond motifs is 1. The summed E-state index contributed by atoms with van der Waals surface area (Å²) in [6.45, 7) is 2.98. The van der Waals surface area contributed by atoms with E-state index in [1.165, 1.54) is 6.92 Å². The standard InChI is InChI=1S/C16H17BrN2O4/c1-9(15(20)18-10(2)16(21)22)19-23-14-6-4-11-7-13(17)5-3-12(11)8-14/h3-10,19H,1-2H3,(H,18,20)(H,21,22)/t9-,10-/m0/s1.